The van der Waals surface area contributed by atoms with Gasteiger partial charge in [0, 0.05) is 31.1 Å². The molecule has 0 radical (unpaired) electrons. The molecule has 1 fully saturated rings. The van der Waals surface area contributed by atoms with E-state index >= 15 is 0 Å². The molecule has 1 saturated carbocycles. The van der Waals surface area contributed by atoms with Gasteiger partial charge in [-0.25, -0.2) is 4.68 Å². The first-order valence-corrected chi connectivity index (χ1v) is 9.84. The van der Waals surface area contributed by atoms with E-state index in [1.54, 1.807) is 26.0 Å². The lowest BCUT2D eigenvalue weighted by atomic mass is 10.1. The standard InChI is InChI=1S/C21H25F3N4O2/c1-12-8-17(12)20(30)25-7-6-19(29)26-11-15-4-5-16(10-18(15)21(22,23)24)28-14(3)9-13(2)27-28/h4-5,9-10,12,17H,6-8,11H2,1-3H3,(H,25,30)(H,26,29). The van der Waals surface area contributed by atoms with Gasteiger partial charge in [0.15, 0.2) is 0 Å². The lowest BCUT2D eigenvalue weighted by molar-refractivity contribution is -0.138. The van der Waals surface area contributed by atoms with Gasteiger partial charge in [0.2, 0.25) is 11.8 Å². The SMILES string of the molecule is Cc1cc(C)n(-c2ccc(CNC(=O)CCNC(=O)C3CC3C)c(C(F)(F)F)c2)n1. The van der Waals surface area contributed by atoms with Gasteiger partial charge < -0.3 is 10.6 Å². The molecule has 0 bridgehead atoms. The van der Waals surface area contributed by atoms with Gasteiger partial charge in [-0.2, -0.15) is 18.3 Å². The van der Waals surface area contributed by atoms with E-state index in [0.29, 0.717) is 17.3 Å². The highest BCUT2D eigenvalue weighted by Crippen LogP contribution is 2.37. The van der Waals surface area contributed by atoms with Crippen molar-refractivity contribution in [3.63, 3.8) is 0 Å². The number of aromatic nitrogens is 2. The van der Waals surface area contributed by atoms with Crippen molar-refractivity contribution in [1.82, 2.24) is 20.4 Å². The zero-order valence-corrected chi connectivity index (χ0v) is 17.1. The van der Waals surface area contributed by atoms with Crippen molar-refractivity contribution in [2.45, 2.75) is 46.3 Å². The summed E-state index contributed by atoms with van der Waals surface area (Å²) in [4.78, 5) is 23.7. The molecule has 1 heterocycles. The first-order valence-electron chi connectivity index (χ1n) is 9.84. The van der Waals surface area contributed by atoms with E-state index in [-0.39, 0.29) is 36.9 Å². The fourth-order valence-electron chi connectivity index (χ4n) is 3.40. The van der Waals surface area contributed by atoms with Crippen molar-refractivity contribution < 1.29 is 22.8 Å². The summed E-state index contributed by atoms with van der Waals surface area (Å²) in [6, 6.07) is 5.72. The molecule has 2 N–H and O–H groups in total. The van der Waals surface area contributed by atoms with Crippen LogP contribution in [0.1, 0.15) is 42.3 Å². The van der Waals surface area contributed by atoms with Crippen LogP contribution in [0.4, 0.5) is 13.2 Å². The normalized spacial score (nSPS) is 18.2. The molecule has 2 amide bonds. The van der Waals surface area contributed by atoms with E-state index in [2.05, 4.69) is 15.7 Å². The highest BCUT2D eigenvalue weighted by Gasteiger charge is 2.38. The van der Waals surface area contributed by atoms with Crippen LogP contribution in [0.3, 0.4) is 0 Å². The molecule has 6 nitrogen and oxygen atoms in total. The van der Waals surface area contributed by atoms with Gasteiger partial charge >= 0.3 is 6.18 Å². The van der Waals surface area contributed by atoms with Crippen LogP contribution in [0.2, 0.25) is 0 Å². The Bertz CT molecular complexity index is 952. The number of carbonyl (C=O) groups excluding carboxylic acids is 2. The molecule has 2 atom stereocenters. The smallest absolute Gasteiger partial charge is 0.355 e. The molecule has 1 aromatic carbocycles. The molecular weight excluding hydrogens is 397 g/mol. The summed E-state index contributed by atoms with van der Waals surface area (Å²) in [7, 11) is 0. The van der Waals surface area contributed by atoms with Crippen LogP contribution in [-0.2, 0) is 22.3 Å². The van der Waals surface area contributed by atoms with Crippen LogP contribution in [-0.4, -0.2) is 28.1 Å². The zero-order valence-electron chi connectivity index (χ0n) is 17.1. The molecule has 0 spiro atoms. The number of hydrogen-bond acceptors (Lipinski definition) is 3. The fraction of sp³-hybridized carbons (Fsp3) is 0.476. The van der Waals surface area contributed by atoms with Gasteiger partial charge in [-0.15, -0.1) is 0 Å². The second-order valence-corrected chi connectivity index (χ2v) is 7.82. The third-order valence-electron chi connectivity index (χ3n) is 5.23. The summed E-state index contributed by atoms with van der Waals surface area (Å²) in [5.74, 6) is -0.107. The quantitative estimate of drug-likeness (QED) is 0.719. The van der Waals surface area contributed by atoms with Gasteiger partial charge in [-0.1, -0.05) is 13.0 Å². The zero-order chi connectivity index (χ0) is 22.1. The Kier molecular flexibility index (Phi) is 6.19. The molecule has 162 valence electrons. The molecule has 1 aromatic heterocycles. The molecule has 9 heteroatoms. The number of nitrogens with one attached hydrogen (secondary N) is 2. The number of aryl methyl sites for hydroxylation is 2. The molecule has 2 aromatic rings. The average Bonchev–Trinajstić information content (AvgIpc) is 3.30. The van der Waals surface area contributed by atoms with Crippen LogP contribution >= 0.6 is 0 Å². The lowest BCUT2D eigenvalue weighted by Crippen LogP contribution is -2.31. The third-order valence-corrected chi connectivity index (χ3v) is 5.23. The van der Waals surface area contributed by atoms with E-state index in [1.165, 1.54) is 10.7 Å². The lowest BCUT2D eigenvalue weighted by Gasteiger charge is -2.16. The fourth-order valence-corrected chi connectivity index (χ4v) is 3.40. The summed E-state index contributed by atoms with van der Waals surface area (Å²) in [6.45, 7) is 5.43. The van der Waals surface area contributed by atoms with Crippen LogP contribution in [0, 0.1) is 25.7 Å². The monoisotopic (exact) mass is 422 g/mol. The van der Waals surface area contributed by atoms with E-state index in [0.717, 1.165) is 18.2 Å². The highest BCUT2D eigenvalue weighted by atomic mass is 19.4. The van der Waals surface area contributed by atoms with Crippen molar-refractivity contribution in [2.75, 3.05) is 6.54 Å². The Hall–Kier alpha value is -2.84. The van der Waals surface area contributed by atoms with Gasteiger partial charge in [0.25, 0.3) is 0 Å². The number of nitrogens with zero attached hydrogens (tertiary/aromatic N) is 2. The minimum atomic E-state index is -4.57. The van der Waals surface area contributed by atoms with Gasteiger partial charge in [0.05, 0.1) is 16.9 Å². The van der Waals surface area contributed by atoms with Crippen LogP contribution in [0.25, 0.3) is 5.69 Å². The first kappa shape index (κ1) is 21.9. The molecule has 1 aliphatic carbocycles. The molecule has 0 saturated heterocycles. The number of amides is 2. The molecule has 1 aliphatic rings. The van der Waals surface area contributed by atoms with E-state index < -0.39 is 17.6 Å². The van der Waals surface area contributed by atoms with Crippen LogP contribution < -0.4 is 10.6 Å². The Labute approximate surface area is 172 Å². The van der Waals surface area contributed by atoms with Crippen LogP contribution in [0.5, 0.6) is 0 Å². The first-order chi connectivity index (χ1) is 14.1. The van der Waals surface area contributed by atoms with E-state index in [1.807, 2.05) is 6.92 Å². The summed E-state index contributed by atoms with van der Waals surface area (Å²) in [5, 5.41) is 9.41. The Morgan fingerprint density at radius 3 is 2.47 bits per heavy atom. The Morgan fingerprint density at radius 2 is 1.90 bits per heavy atom. The predicted molar refractivity (Wildman–Crippen MR) is 105 cm³/mol. The minimum absolute atomic E-state index is 0.0119. The molecular formula is C21H25F3N4O2. The predicted octanol–water partition coefficient (Wildman–Crippen LogP) is 3.29. The van der Waals surface area contributed by atoms with Crippen molar-refractivity contribution in [2.24, 2.45) is 11.8 Å². The third kappa shape index (κ3) is 5.20. The van der Waals surface area contributed by atoms with Crippen molar-refractivity contribution in [3.8, 4) is 5.69 Å². The topological polar surface area (TPSA) is 76.0 Å². The number of alkyl halides is 3. The molecule has 3 rings (SSSR count). The van der Waals surface area contributed by atoms with Crippen molar-refractivity contribution >= 4 is 11.8 Å². The number of benzene rings is 1. The van der Waals surface area contributed by atoms with Gasteiger partial charge in [-0.05, 0) is 49.9 Å². The molecule has 2 unspecified atom stereocenters. The number of rotatable bonds is 7. The average molecular weight is 422 g/mol. The maximum atomic E-state index is 13.6. The summed E-state index contributed by atoms with van der Waals surface area (Å²) < 4.78 is 42.2. The summed E-state index contributed by atoms with van der Waals surface area (Å²) in [5.41, 5.74) is 0.894. The van der Waals surface area contributed by atoms with E-state index in [4.69, 9.17) is 0 Å². The second kappa shape index (κ2) is 8.49. The second-order valence-electron chi connectivity index (χ2n) is 7.82. The molecule has 0 aliphatic heterocycles. The highest BCUT2D eigenvalue weighted by molar-refractivity contribution is 5.82. The largest absolute Gasteiger partial charge is 0.416 e. The number of halogens is 3. The number of carbonyl (C=O) groups is 2. The van der Waals surface area contributed by atoms with Crippen molar-refractivity contribution in [3.05, 3.63) is 46.8 Å². The molecule has 30 heavy (non-hydrogen) atoms. The summed E-state index contributed by atoms with van der Waals surface area (Å²) >= 11 is 0. The summed E-state index contributed by atoms with van der Waals surface area (Å²) in [6.07, 6.45) is -3.70. The van der Waals surface area contributed by atoms with E-state index in [9.17, 15) is 22.8 Å². The van der Waals surface area contributed by atoms with Gasteiger partial charge in [-0.3, -0.25) is 9.59 Å². The number of hydrogen-bond donors (Lipinski definition) is 2. The maximum Gasteiger partial charge on any atom is 0.416 e. The Morgan fingerprint density at radius 1 is 1.20 bits per heavy atom. The van der Waals surface area contributed by atoms with Gasteiger partial charge in [0.1, 0.15) is 0 Å². The maximum absolute atomic E-state index is 13.6. The Balaban J connectivity index is 1.62. The van der Waals surface area contributed by atoms with Crippen LogP contribution in [0.15, 0.2) is 24.3 Å². The minimum Gasteiger partial charge on any atom is -0.355 e. The van der Waals surface area contributed by atoms with Crippen molar-refractivity contribution in [1.29, 1.82) is 0 Å².